The first-order valence-corrected chi connectivity index (χ1v) is 7.86. The Labute approximate surface area is 145 Å². The predicted octanol–water partition coefficient (Wildman–Crippen LogP) is 2.43. The summed E-state index contributed by atoms with van der Waals surface area (Å²) < 4.78 is 0. The number of aliphatic imine (C=N–C) groups is 1. The Morgan fingerprint density at radius 1 is 1.28 bits per heavy atom. The van der Waals surface area contributed by atoms with E-state index in [1.807, 2.05) is 38.1 Å². The van der Waals surface area contributed by atoms with E-state index in [2.05, 4.69) is 20.2 Å². The zero-order valence-corrected chi connectivity index (χ0v) is 14.2. The van der Waals surface area contributed by atoms with Crippen molar-refractivity contribution < 1.29 is 4.79 Å². The first kappa shape index (κ1) is 16.6. The lowest BCUT2D eigenvalue weighted by atomic mass is 9.96. The molecule has 0 unspecified atom stereocenters. The minimum atomic E-state index is -0.525. The summed E-state index contributed by atoms with van der Waals surface area (Å²) in [6.45, 7) is 3.99. The number of hydrogen-bond acceptors (Lipinski definition) is 6. The van der Waals surface area contributed by atoms with Crippen molar-refractivity contribution in [1.29, 1.82) is 0 Å². The summed E-state index contributed by atoms with van der Waals surface area (Å²) in [6.07, 6.45) is 4.16. The van der Waals surface area contributed by atoms with Gasteiger partial charge in [-0.1, -0.05) is 26.0 Å². The molecule has 2 aromatic heterocycles. The van der Waals surface area contributed by atoms with Gasteiger partial charge < -0.3 is 16.3 Å². The van der Waals surface area contributed by atoms with Gasteiger partial charge in [-0.05, 0) is 12.1 Å². The molecule has 0 aliphatic heterocycles. The van der Waals surface area contributed by atoms with Crippen molar-refractivity contribution >= 4 is 34.9 Å². The van der Waals surface area contributed by atoms with Crippen molar-refractivity contribution in [2.24, 2.45) is 10.4 Å². The number of pyridine rings is 1. The van der Waals surface area contributed by atoms with Crippen LogP contribution in [0.2, 0.25) is 0 Å². The molecule has 0 aliphatic carbocycles. The molecule has 0 radical (unpaired) electrons. The van der Waals surface area contributed by atoms with Crippen LogP contribution >= 0.6 is 0 Å². The van der Waals surface area contributed by atoms with Crippen molar-refractivity contribution in [3.63, 3.8) is 0 Å². The number of nitrogens with two attached hydrogens (primary N) is 2. The topological polar surface area (TPSA) is 123 Å². The van der Waals surface area contributed by atoms with Crippen LogP contribution in [0.25, 0.3) is 22.2 Å². The number of carbonyl (C=O) groups is 1. The Kier molecular flexibility index (Phi) is 4.22. The molecule has 0 atom stereocenters. The molecular weight excluding hydrogens is 316 g/mol. The number of nitrogens with zero attached hydrogens (tertiary/aromatic N) is 3. The van der Waals surface area contributed by atoms with Crippen molar-refractivity contribution in [3.8, 4) is 11.3 Å². The Bertz CT molecular complexity index is 944. The number of anilines is 2. The number of hydrogen-bond donors (Lipinski definition) is 3. The highest BCUT2D eigenvalue weighted by Crippen LogP contribution is 2.29. The summed E-state index contributed by atoms with van der Waals surface area (Å²) in [5, 5.41) is 7.67. The van der Waals surface area contributed by atoms with E-state index < -0.39 is 5.41 Å². The summed E-state index contributed by atoms with van der Waals surface area (Å²) in [4.78, 5) is 19.7. The Morgan fingerprint density at radius 3 is 2.76 bits per heavy atom. The number of aromatic amines is 1. The average Bonchev–Trinajstić information content (AvgIpc) is 3.12. The summed E-state index contributed by atoms with van der Waals surface area (Å²) in [5.41, 5.74) is 15.4. The fraction of sp³-hybridized carbons (Fsp3) is 0.222. The van der Waals surface area contributed by atoms with Gasteiger partial charge in [-0.3, -0.25) is 10.1 Å². The van der Waals surface area contributed by atoms with Crippen LogP contribution in [0.4, 0.5) is 11.5 Å². The van der Waals surface area contributed by atoms with Crippen molar-refractivity contribution in [3.05, 3.63) is 36.0 Å². The van der Waals surface area contributed by atoms with Crippen LogP contribution in [-0.2, 0) is 4.79 Å². The summed E-state index contributed by atoms with van der Waals surface area (Å²) in [6, 6.07) is 7.64. The van der Waals surface area contributed by atoms with Crippen LogP contribution in [0.5, 0.6) is 0 Å². The molecule has 0 saturated carbocycles. The molecule has 0 aliphatic rings. The molecule has 3 aromatic rings. The van der Waals surface area contributed by atoms with Gasteiger partial charge in [-0.25, -0.2) is 4.98 Å². The minimum absolute atomic E-state index is 0.305. The fourth-order valence-electron chi connectivity index (χ4n) is 2.45. The number of aromatic nitrogens is 3. The quantitative estimate of drug-likeness (QED) is 0.488. The SMILES string of the molecule is CC(C)(C=O)CN=Cc1c(N)nc2cc(-c3ccn[nH]3)ccc2c1N. The van der Waals surface area contributed by atoms with E-state index in [-0.39, 0.29) is 0 Å². The average molecular weight is 336 g/mol. The maximum atomic E-state index is 11.0. The summed E-state index contributed by atoms with van der Waals surface area (Å²) in [7, 11) is 0. The third kappa shape index (κ3) is 3.35. The lowest BCUT2D eigenvalue weighted by Gasteiger charge is -2.13. The van der Waals surface area contributed by atoms with Gasteiger partial charge in [0.2, 0.25) is 0 Å². The second kappa shape index (κ2) is 6.35. The van der Waals surface area contributed by atoms with E-state index in [0.717, 1.165) is 22.9 Å². The molecular formula is C18H20N6O. The first-order valence-electron chi connectivity index (χ1n) is 7.86. The Hall–Kier alpha value is -3.22. The largest absolute Gasteiger partial charge is 0.398 e. The third-order valence-corrected chi connectivity index (χ3v) is 3.94. The molecule has 5 N–H and O–H groups in total. The molecule has 7 heteroatoms. The lowest BCUT2D eigenvalue weighted by molar-refractivity contribution is -0.114. The maximum Gasteiger partial charge on any atom is 0.135 e. The second-order valence-corrected chi connectivity index (χ2v) is 6.60. The number of benzene rings is 1. The standard InChI is InChI=1S/C18H20N6O/c1-18(2,10-25)9-21-8-13-16(19)12-4-3-11(14-5-6-22-24-14)7-15(12)23-17(13)20/h3-8,10H,9H2,1-2H3,(H,22,24)(H4,19,20,23). The number of rotatable bonds is 5. The highest BCUT2D eigenvalue weighted by molar-refractivity contribution is 6.05. The van der Waals surface area contributed by atoms with Crippen LogP contribution in [0.1, 0.15) is 19.4 Å². The molecule has 128 valence electrons. The van der Waals surface area contributed by atoms with Gasteiger partial charge in [0.05, 0.1) is 29.0 Å². The number of carbonyl (C=O) groups excluding carboxylic acids is 1. The number of fused-ring (bicyclic) bond motifs is 1. The third-order valence-electron chi connectivity index (χ3n) is 3.94. The molecule has 0 saturated heterocycles. The van der Waals surface area contributed by atoms with E-state index in [1.165, 1.54) is 0 Å². The van der Waals surface area contributed by atoms with Gasteiger partial charge in [0.1, 0.15) is 12.1 Å². The highest BCUT2D eigenvalue weighted by Gasteiger charge is 2.15. The second-order valence-electron chi connectivity index (χ2n) is 6.60. The number of nitrogen functional groups attached to an aromatic ring is 2. The summed E-state index contributed by atoms with van der Waals surface area (Å²) in [5.74, 6) is 0.305. The molecule has 2 heterocycles. The Morgan fingerprint density at radius 2 is 2.08 bits per heavy atom. The minimum Gasteiger partial charge on any atom is -0.398 e. The van der Waals surface area contributed by atoms with Gasteiger partial charge in [-0.2, -0.15) is 5.10 Å². The van der Waals surface area contributed by atoms with E-state index in [4.69, 9.17) is 11.5 Å². The molecule has 1 aromatic carbocycles. The predicted molar refractivity (Wildman–Crippen MR) is 100 cm³/mol. The summed E-state index contributed by atoms with van der Waals surface area (Å²) >= 11 is 0. The van der Waals surface area contributed by atoms with Crippen LogP contribution in [0.15, 0.2) is 35.5 Å². The molecule has 3 rings (SSSR count). The number of H-pyrrole nitrogens is 1. The van der Waals surface area contributed by atoms with Gasteiger partial charge in [-0.15, -0.1) is 0 Å². The zero-order chi connectivity index (χ0) is 18.0. The number of nitrogens with one attached hydrogen (secondary N) is 1. The van der Waals surface area contributed by atoms with Gasteiger partial charge in [0, 0.05) is 28.8 Å². The fourth-order valence-corrected chi connectivity index (χ4v) is 2.45. The first-order chi connectivity index (χ1) is 11.9. The van der Waals surface area contributed by atoms with Crippen LogP contribution in [0.3, 0.4) is 0 Å². The van der Waals surface area contributed by atoms with Gasteiger partial charge >= 0.3 is 0 Å². The smallest absolute Gasteiger partial charge is 0.135 e. The lowest BCUT2D eigenvalue weighted by Crippen LogP contribution is -2.17. The maximum absolute atomic E-state index is 11.0. The molecule has 0 spiro atoms. The molecule has 25 heavy (non-hydrogen) atoms. The molecule has 0 bridgehead atoms. The van der Waals surface area contributed by atoms with Crippen molar-refractivity contribution in [1.82, 2.24) is 15.2 Å². The zero-order valence-electron chi connectivity index (χ0n) is 14.2. The normalized spacial score (nSPS) is 12.1. The van der Waals surface area contributed by atoms with Crippen molar-refractivity contribution in [2.75, 3.05) is 18.0 Å². The monoisotopic (exact) mass is 336 g/mol. The van der Waals surface area contributed by atoms with E-state index in [9.17, 15) is 4.79 Å². The van der Waals surface area contributed by atoms with Crippen LogP contribution in [-0.4, -0.2) is 34.2 Å². The molecule has 7 nitrogen and oxygen atoms in total. The van der Waals surface area contributed by atoms with Crippen LogP contribution in [0, 0.1) is 5.41 Å². The molecule has 0 fully saturated rings. The van der Waals surface area contributed by atoms with E-state index in [0.29, 0.717) is 29.1 Å². The van der Waals surface area contributed by atoms with Crippen LogP contribution < -0.4 is 11.5 Å². The number of aldehydes is 1. The molecule has 0 amide bonds. The van der Waals surface area contributed by atoms with Gasteiger partial charge in [0.15, 0.2) is 0 Å². The Balaban J connectivity index is 2.00. The van der Waals surface area contributed by atoms with Gasteiger partial charge in [0.25, 0.3) is 0 Å². The van der Waals surface area contributed by atoms with E-state index in [1.54, 1.807) is 12.4 Å². The van der Waals surface area contributed by atoms with Crippen molar-refractivity contribution in [2.45, 2.75) is 13.8 Å². The van der Waals surface area contributed by atoms with E-state index >= 15 is 0 Å². The highest BCUT2D eigenvalue weighted by atomic mass is 16.1.